The summed E-state index contributed by atoms with van der Waals surface area (Å²) in [6.07, 6.45) is 3.22. The van der Waals surface area contributed by atoms with E-state index in [1.807, 2.05) is 48.7 Å². The third-order valence-electron chi connectivity index (χ3n) is 5.34. The summed E-state index contributed by atoms with van der Waals surface area (Å²) in [6, 6.07) is 11.5. The number of aryl methyl sites for hydroxylation is 1. The maximum atomic E-state index is 12.2. The Morgan fingerprint density at radius 3 is 2.91 bits per heavy atom. The zero-order valence-electron chi connectivity index (χ0n) is 17.4. The summed E-state index contributed by atoms with van der Waals surface area (Å²) in [7, 11) is 0. The minimum atomic E-state index is -0.972. The van der Waals surface area contributed by atoms with Crippen molar-refractivity contribution in [2.45, 2.75) is 26.3 Å². The number of anilines is 1. The van der Waals surface area contributed by atoms with Crippen LogP contribution in [0.3, 0.4) is 0 Å². The van der Waals surface area contributed by atoms with Gasteiger partial charge >= 0.3 is 5.97 Å². The predicted molar refractivity (Wildman–Crippen MR) is 124 cm³/mol. The number of carboxylic acid groups (broad SMARTS) is 1. The van der Waals surface area contributed by atoms with Crippen LogP contribution in [0.5, 0.6) is 11.5 Å². The van der Waals surface area contributed by atoms with Crippen LogP contribution in [0, 0.1) is 0 Å². The quantitative estimate of drug-likeness (QED) is 0.394. The summed E-state index contributed by atoms with van der Waals surface area (Å²) in [6.45, 7) is 2.83. The standard InChI is InChI=1S/C24H21N3O4S/c1-2-3-15-9-17(25-11-14-4-5-19-20(8-14)31-13-30-19)10-18(21(15)24(28)29)22-26-12-16-6-7-32-23(16)27-22/h4-10,12,25H,2-3,11,13H2,1H3,(H,28,29). The number of ether oxygens (including phenoxy) is 2. The molecule has 1 aliphatic heterocycles. The molecule has 0 unspecified atom stereocenters. The van der Waals surface area contributed by atoms with Gasteiger partial charge in [-0.25, -0.2) is 14.8 Å². The fourth-order valence-electron chi connectivity index (χ4n) is 3.84. The van der Waals surface area contributed by atoms with Gasteiger partial charge in [0.15, 0.2) is 17.3 Å². The van der Waals surface area contributed by atoms with Crippen molar-refractivity contribution in [3.05, 3.63) is 64.7 Å². The first-order valence-corrected chi connectivity index (χ1v) is 11.2. The molecule has 0 aliphatic carbocycles. The van der Waals surface area contributed by atoms with E-state index in [4.69, 9.17) is 9.47 Å². The zero-order valence-corrected chi connectivity index (χ0v) is 18.2. The fourth-order valence-corrected chi connectivity index (χ4v) is 4.58. The predicted octanol–water partition coefficient (Wildman–Crippen LogP) is 5.35. The number of thiophene rings is 1. The van der Waals surface area contributed by atoms with Gasteiger partial charge in [0.1, 0.15) is 4.83 Å². The van der Waals surface area contributed by atoms with E-state index in [-0.39, 0.29) is 12.4 Å². The molecule has 0 fully saturated rings. The number of rotatable bonds is 7. The average Bonchev–Trinajstić information content (AvgIpc) is 3.45. The van der Waals surface area contributed by atoms with Crippen molar-refractivity contribution in [3.8, 4) is 22.9 Å². The summed E-state index contributed by atoms with van der Waals surface area (Å²) in [4.78, 5) is 22.1. The van der Waals surface area contributed by atoms with Crippen LogP contribution in [-0.4, -0.2) is 27.8 Å². The molecule has 2 aromatic carbocycles. The van der Waals surface area contributed by atoms with Crippen molar-refractivity contribution in [1.29, 1.82) is 0 Å². The molecule has 0 amide bonds. The van der Waals surface area contributed by atoms with Crippen LogP contribution in [0.1, 0.15) is 34.8 Å². The first kappa shape index (κ1) is 20.3. The van der Waals surface area contributed by atoms with Crippen LogP contribution in [0.25, 0.3) is 21.6 Å². The smallest absolute Gasteiger partial charge is 0.336 e. The minimum Gasteiger partial charge on any atom is -0.478 e. The SMILES string of the molecule is CCCc1cc(NCc2ccc3c(c2)OCO3)cc(-c2ncc3ccsc3n2)c1C(=O)O. The van der Waals surface area contributed by atoms with Gasteiger partial charge in [0.25, 0.3) is 0 Å². The Morgan fingerprint density at radius 2 is 2.06 bits per heavy atom. The Balaban J connectivity index is 1.53. The van der Waals surface area contributed by atoms with Gasteiger partial charge in [-0.3, -0.25) is 0 Å². The van der Waals surface area contributed by atoms with Crippen molar-refractivity contribution in [2.24, 2.45) is 0 Å². The second-order valence-electron chi connectivity index (χ2n) is 7.53. The van der Waals surface area contributed by atoms with Crippen LogP contribution in [0.15, 0.2) is 48.0 Å². The lowest BCUT2D eigenvalue weighted by molar-refractivity contribution is 0.0696. The average molecular weight is 448 g/mol. The van der Waals surface area contributed by atoms with Crippen molar-refractivity contribution in [2.75, 3.05) is 12.1 Å². The first-order chi connectivity index (χ1) is 15.6. The molecular formula is C24H21N3O4S. The number of fused-ring (bicyclic) bond motifs is 2. The lowest BCUT2D eigenvalue weighted by Crippen LogP contribution is -2.09. The number of carboxylic acids is 1. The molecule has 1 aliphatic rings. The molecule has 0 spiro atoms. The molecule has 0 saturated carbocycles. The number of benzene rings is 2. The van der Waals surface area contributed by atoms with Gasteiger partial charge in [0.2, 0.25) is 6.79 Å². The molecule has 7 nitrogen and oxygen atoms in total. The van der Waals surface area contributed by atoms with Crippen molar-refractivity contribution >= 4 is 33.2 Å². The molecule has 8 heteroatoms. The van der Waals surface area contributed by atoms with Crippen LogP contribution in [0.2, 0.25) is 0 Å². The van der Waals surface area contributed by atoms with E-state index in [9.17, 15) is 9.90 Å². The Bertz CT molecular complexity index is 1320. The number of carbonyl (C=O) groups is 1. The number of aromatic nitrogens is 2. The van der Waals surface area contributed by atoms with E-state index in [2.05, 4.69) is 15.3 Å². The van der Waals surface area contributed by atoms with Crippen molar-refractivity contribution < 1.29 is 19.4 Å². The Morgan fingerprint density at radius 1 is 1.19 bits per heavy atom. The van der Waals surface area contributed by atoms with Gasteiger partial charge < -0.3 is 19.9 Å². The van der Waals surface area contributed by atoms with Crippen LogP contribution in [-0.2, 0) is 13.0 Å². The number of aromatic carboxylic acids is 1. The lowest BCUT2D eigenvalue weighted by atomic mass is 9.96. The van der Waals surface area contributed by atoms with E-state index >= 15 is 0 Å². The van der Waals surface area contributed by atoms with Gasteiger partial charge in [0, 0.05) is 29.4 Å². The van der Waals surface area contributed by atoms with Gasteiger partial charge in [-0.15, -0.1) is 11.3 Å². The minimum absolute atomic E-state index is 0.237. The van der Waals surface area contributed by atoms with E-state index in [0.717, 1.165) is 45.0 Å². The Hall–Kier alpha value is -3.65. The molecular weight excluding hydrogens is 426 g/mol. The Labute approximate surface area is 188 Å². The molecule has 162 valence electrons. The highest BCUT2D eigenvalue weighted by atomic mass is 32.1. The number of hydrogen-bond donors (Lipinski definition) is 2. The van der Waals surface area contributed by atoms with E-state index in [1.54, 1.807) is 6.20 Å². The van der Waals surface area contributed by atoms with Gasteiger partial charge in [0.05, 0.1) is 5.56 Å². The monoisotopic (exact) mass is 447 g/mol. The summed E-state index contributed by atoms with van der Waals surface area (Å²) >= 11 is 1.51. The summed E-state index contributed by atoms with van der Waals surface area (Å²) in [5, 5.41) is 16.3. The molecule has 4 aromatic rings. The summed E-state index contributed by atoms with van der Waals surface area (Å²) in [5.74, 6) is 0.922. The van der Waals surface area contributed by atoms with Gasteiger partial charge in [-0.05, 0) is 53.3 Å². The maximum absolute atomic E-state index is 12.2. The largest absolute Gasteiger partial charge is 0.478 e. The third-order valence-corrected chi connectivity index (χ3v) is 6.16. The van der Waals surface area contributed by atoms with Crippen LogP contribution < -0.4 is 14.8 Å². The molecule has 0 bridgehead atoms. The second-order valence-corrected chi connectivity index (χ2v) is 8.42. The number of nitrogens with one attached hydrogen (secondary N) is 1. The van der Waals surface area contributed by atoms with E-state index < -0.39 is 5.97 Å². The molecule has 3 heterocycles. The maximum Gasteiger partial charge on any atom is 0.336 e. The van der Waals surface area contributed by atoms with Crippen LogP contribution in [0.4, 0.5) is 5.69 Å². The molecule has 2 N–H and O–H groups in total. The second kappa shape index (κ2) is 8.47. The highest BCUT2D eigenvalue weighted by Gasteiger charge is 2.21. The summed E-state index contributed by atoms with van der Waals surface area (Å²) in [5.41, 5.74) is 3.40. The van der Waals surface area contributed by atoms with E-state index in [0.29, 0.717) is 24.4 Å². The van der Waals surface area contributed by atoms with Crippen molar-refractivity contribution in [3.63, 3.8) is 0 Å². The van der Waals surface area contributed by atoms with Gasteiger partial charge in [-0.1, -0.05) is 19.4 Å². The van der Waals surface area contributed by atoms with Crippen molar-refractivity contribution in [1.82, 2.24) is 9.97 Å². The molecule has 5 rings (SSSR count). The van der Waals surface area contributed by atoms with Crippen LogP contribution >= 0.6 is 11.3 Å². The molecule has 2 aromatic heterocycles. The molecule has 0 radical (unpaired) electrons. The normalized spacial score (nSPS) is 12.3. The number of nitrogens with zero attached hydrogens (tertiary/aromatic N) is 2. The topological polar surface area (TPSA) is 93.6 Å². The molecule has 32 heavy (non-hydrogen) atoms. The lowest BCUT2D eigenvalue weighted by Gasteiger charge is -2.15. The third kappa shape index (κ3) is 3.85. The highest BCUT2D eigenvalue weighted by molar-refractivity contribution is 7.16. The fraction of sp³-hybridized carbons (Fsp3) is 0.208. The van der Waals surface area contributed by atoms with Gasteiger partial charge in [-0.2, -0.15) is 0 Å². The summed E-state index contributed by atoms with van der Waals surface area (Å²) < 4.78 is 10.8. The first-order valence-electron chi connectivity index (χ1n) is 10.4. The Kier molecular flexibility index (Phi) is 5.36. The zero-order chi connectivity index (χ0) is 22.1. The number of hydrogen-bond acceptors (Lipinski definition) is 7. The highest BCUT2D eigenvalue weighted by Crippen LogP contribution is 2.34. The molecule has 0 atom stereocenters. The molecule has 0 saturated heterocycles. The van der Waals surface area contributed by atoms with E-state index in [1.165, 1.54) is 11.3 Å².